The first-order valence-electron chi connectivity index (χ1n) is 5.33. The number of rotatable bonds is 2. The van der Waals surface area contributed by atoms with Crippen LogP contribution in [-0.4, -0.2) is 29.5 Å². The Morgan fingerprint density at radius 3 is 3.00 bits per heavy atom. The van der Waals surface area contributed by atoms with E-state index in [0.717, 1.165) is 6.54 Å². The molecule has 2 aromatic heterocycles. The van der Waals surface area contributed by atoms with Crippen LogP contribution in [0.3, 0.4) is 0 Å². The Balaban J connectivity index is 2.19. The summed E-state index contributed by atoms with van der Waals surface area (Å²) >= 11 is 2.15. The summed E-state index contributed by atoms with van der Waals surface area (Å²) in [4.78, 5) is 16.4. The molecule has 0 spiro atoms. The molecule has 3 nitrogen and oxygen atoms in total. The Labute approximate surface area is 126 Å². The van der Waals surface area contributed by atoms with Crippen LogP contribution < -0.4 is 42.7 Å². The summed E-state index contributed by atoms with van der Waals surface area (Å²) in [6.45, 7) is 2.39. The SMILES string of the molecule is C[I-]c1ncnc2sc3c(c12)CN([I-]C)CC3. The van der Waals surface area contributed by atoms with Gasteiger partial charge in [0.15, 0.2) is 0 Å². The zero-order valence-corrected chi connectivity index (χ0v) is 14.8. The van der Waals surface area contributed by atoms with Crippen molar-refractivity contribution in [1.29, 1.82) is 0 Å². The number of thiophene rings is 1. The van der Waals surface area contributed by atoms with Crippen molar-refractivity contribution in [2.24, 2.45) is 0 Å². The van der Waals surface area contributed by atoms with Gasteiger partial charge in [-0.15, -0.1) is 0 Å². The number of fused-ring (bicyclic) bond motifs is 3. The summed E-state index contributed by atoms with van der Waals surface area (Å²) < 4.78 is 3.96. The van der Waals surface area contributed by atoms with Gasteiger partial charge in [0.1, 0.15) is 0 Å². The normalized spacial score (nSPS) is 16.8. The molecule has 0 saturated carbocycles. The van der Waals surface area contributed by atoms with Gasteiger partial charge < -0.3 is 0 Å². The van der Waals surface area contributed by atoms with Crippen LogP contribution in [0.15, 0.2) is 6.33 Å². The van der Waals surface area contributed by atoms with Crippen LogP contribution in [0.1, 0.15) is 10.4 Å². The zero-order valence-electron chi connectivity index (χ0n) is 9.70. The molecule has 1 aliphatic rings. The van der Waals surface area contributed by atoms with Crippen molar-refractivity contribution >= 4 is 21.6 Å². The average Bonchev–Trinajstić information content (AvgIpc) is 2.75. The average molecular weight is 473 g/mol. The molecule has 0 saturated heterocycles. The van der Waals surface area contributed by atoms with Crippen LogP contribution >= 0.6 is 11.3 Å². The third-order valence-electron chi connectivity index (χ3n) is 2.95. The van der Waals surface area contributed by atoms with Gasteiger partial charge in [-0.3, -0.25) is 0 Å². The van der Waals surface area contributed by atoms with Gasteiger partial charge in [-0.05, 0) is 0 Å². The van der Waals surface area contributed by atoms with Gasteiger partial charge in [-0.25, -0.2) is 0 Å². The monoisotopic (exact) mass is 473 g/mol. The Morgan fingerprint density at radius 1 is 1.35 bits per heavy atom. The van der Waals surface area contributed by atoms with Gasteiger partial charge in [0, 0.05) is 0 Å². The van der Waals surface area contributed by atoms with Crippen molar-refractivity contribution in [3.63, 3.8) is 0 Å². The van der Waals surface area contributed by atoms with Gasteiger partial charge in [-0.2, -0.15) is 0 Å². The van der Waals surface area contributed by atoms with E-state index < -0.39 is 0 Å². The molecule has 0 unspecified atom stereocenters. The van der Waals surface area contributed by atoms with Crippen LogP contribution in [0.4, 0.5) is 0 Å². The fourth-order valence-corrected chi connectivity index (χ4v) is 6.38. The van der Waals surface area contributed by atoms with E-state index in [1.54, 1.807) is 16.8 Å². The molecule has 3 rings (SSSR count). The summed E-state index contributed by atoms with van der Waals surface area (Å²) in [5.74, 6) is 0. The number of aromatic nitrogens is 2. The topological polar surface area (TPSA) is 29.0 Å². The van der Waals surface area contributed by atoms with Crippen LogP contribution in [0.25, 0.3) is 10.2 Å². The van der Waals surface area contributed by atoms with Crippen LogP contribution in [0.5, 0.6) is 0 Å². The summed E-state index contributed by atoms with van der Waals surface area (Å²) in [5, 5.41) is 1.41. The fraction of sp³-hybridized carbons (Fsp3) is 0.455. The second kappa shape index (κ2) is 5.22. The van der Waals surface area contributed by atoms with Crippen molar-refractivity contribution < 1.29 is 42.7 Å². The molecule has 0 bridgehead atoms. The van der Waals surface area contributed by atoms with Crippen LogP contribution in [0, 0.1) is 3.70 Å². The molecule has 17 heavy (non-hydrogen) atoms. The zero-order chi connectivity index (χ0) is 11.8. The van der Waals surface area contributed by atoms with E-state index in [2.05, 4.69) is 22.9 Å². The molecule has 0 N–H and O–H groups in total. The molecule has 94 valence electrons. The maximum absolute atomic E-state index is 4.49. The minimum absolute atomic E-state index is 0.0434. The van der Waals surface area contributed by atoms with E-state index in [1.165, 1.54) is 26.9 Å². The van der Waals surface area contributed by atoms with Crippen molar-refractivity contribution in [3.05, 3.63) is 20.5 Å². The summed E-state index contributed by atoms with van der Waals surface area (Å²) in [5.41, 5.74) is 1.55. The second-order valence-corrected chi connectivity index (χ2v) is 9.31. The third kappa shape index (κ3) is 2.21. The maximum atomic E-state index is 4.49. The quantitative estimate of drug-likeness (QED) is 0.191. The van der Waals surface area contributed by atoms with Crippen LogP contribution in [0.2, 0.25) is 0 Å². The molecule has 1 aliphatic heterocycles. The molecular formula is C11H13I2N3S-2. The summed E-state index contributed by atoms with van der Waals surface area (Å²) in [6, 6.07) is 0. The minimum atomic E-state index is 0.0434. The van der Waals surface area contributed by atoms with Crippen molar-refractivity contribution in [2.75, 3.05) is 16.4 Å². The Kier molecular flexibility index (Phi) is 3.83. The molecule has 6 heteroatoms. The fourth-order valence-electron chi connectivity index (χ4n) is 2.13. The van der Waals surface area contributed by atoms with Crippen molar-refractivity contribution in [2.45, 2.75) is 13.0 Å². The van der Waals surface area contributed by atoms with Gasteiger partial charge >= 0.3 is 127 Å². The molecule has 0 atom stereocenters. The van der Waals surface area contributed by atoms with Crippen molar-refractivity contribution in [1.82, 2.24) is 13.1 Å². The van der Waals surface area contributed by atoms with E-state index in [0.29, 0.717) is 0 Å². The number of halogens is 2. The first kappa shape index (κ1) is 12.5. The molecule has 0 aromatic carbocycles. The molecule has 0 amide bonds. The molecular weight excluding hydrogens is 460 g/mol. The molecule has 3 heterocycles. The predicted molar refractivity (Wildman–Crippen MR) is 62.1 cm³/mol. The van der Waals surface area contributed by atoms with E-state index in [-0.39, 0.29) is 42.7 Å². The predicted octanol–water partition coefficient (Wildman–Crippen LogP) is -4.43. The van der Waals surface area contributed by atoms with E-state index in [4.69, 9.17) is 0 Å². The Morgan fingerprint density at radius 2 is 2.24 bits per heavy atom. The van der Waals surface area contributed by atoms with Gasteiger partial charge in [0.2, 0.25) is 0 Å². The van der Waals surface area contributed by atoms with E-state index in [9.17, 15) is 0 Å². The van der Waals surface area contributed by atoms with E-state index >= 15 is 0 Å². The number of hydrogen-bond acceptors (Lipinski definition) is 4. The Hall–Kier alpha value is 0.460. The first-order chi connectivity index (χ1) is 8.33. The summed E-state index contributed by atoms with van der Waals surface area (Å²) in [6.07, 6.45) is 2.96. The first-order valence-corrected chi connectivity index (χ1v) is 12.5. The third-order valence-corrected chi connectivity index (χ3v) is 8.18. The molecule has 2 aromatic rings. The number of nitrogens with zero attached hydrogens (tertiary/aromatic N) is 3. The van der Waals surface area contributed by atoms with Crippen LogP contribution in [-0.2, 0) is 13.0 Å². The summed E-state index contributed by atoms with van der Waals surface area (Å²) in [7, 11) is 0. The molecule has 0 fully saturated rings. The second-order valence-electron chi connectivity index (χ2n) is 3.80. The number of hydrogen-bond donors (Lipinski definition) is 0. The van der Waals surface area contributed by atoms with Crippen molar-refractivity contribution in [3.8, 4) is 0 Å². The van der Waals surface area contributed by atoms with Gasteiger partial charge in [-0.1, -0.05) is 0 Å². The standard InChI is InChI=1S/C11H13I2N3S/c1-12-10-9-7-5-16(13-2)4-3-8(7)17-11(9)15-6-14-10/h6H,3-5H2,1-2H3/q-2. The Bertz CT molecular complexity index is 555. The van der Waals surface area contributed by atoms with Gasteiger partial charge in [0.05, 0.1) is 0 Å². The van der Waals surface area contributed by atoms with E-state index in [1.807, 2.05) is 11.3 Å². The molecule has 0 aliphatic carbocycles. The number of alkyl halides is 2. The van der Waals surface area contributed by atoms with Gasteiger partial charge in [0.25, 0.3) is 0 Å². The molecule has 0 radical (unpaired) electrons.